The molecule has 3 N–H and O–H groups in total. The molecule has 342 valence electrons. The Morgan fingerprint density at radius 3 is 1.29 bits per heavy atom. The number of nitrogens with one attached hydrogen (secondary N) is 1. The van der Waals surface area contributed by atoms with Gasteiger partial charge in [-0.2, -0.15) is 0 Å². The molecule has 0 saturated heterocycles. The van der Waals surface area contributed by atoms with E-state index in [2.05, 4.69) is 50.4 Å². The Bertz CT molecular complexity index is 919. The van der Waals surface area contributed by atoms with Crippen molar-refractivity contribution in [2.24, 2.45) is 0 Å². The lowest BCUT2D eigenvalue weighted by Gasteiger charge is -2.24. The normalized spacial score (nSPS) is 13.4. The SMILES string of the molecule is CCCC/C=C\CCCCCC(CC(=O)NC(CO)C(O)CCCCCCCCCCCCCCCCCC)OC(=O)CCCCC/C=C\CCCCCCCCC. The molecule has 3 unspecified atom stereocenters. The van der Waals surface area contributed by atoms with Gasteiger partial charge >= 0.3 is 5.97 Å². The maximum atomic E-state index is 13.1. The number of amides is 1. The van der Waals surface area contributed by atoms with Gasteiger partial charge in [0, 0.05) is 6.42 Å². The Morgan fingerprint density at radius 1 is 0.483 bits per heavy atom. The number of allylic oxidation sites excluding steroid dienone is 4. The van der Waals surface area contributed by atoms with Crippen molar-refractivity contribution < 1.29 is 24.5 Å². The zero-order valence-corrected chi connectivity index (χ0v) is 38.9. The molecule has 1 amide bonds. The summed E-state index contributed by atoms with van der Waals surface area (Å²) in [6, 6.07) is -0.704. The van der Waals surface area contributed by atoms with Gasteiger partial charge in [0.15, 0.2) is 0 Å². The van der Waals surface area contributed by atoms with Crippen LogP contribution in [0.25, 0.3) is 0 Å². The number of hydrogen-bond acceptors (Lipinski definition) is 5. The van der Waals surface area contributed by atoms with Gasteiger partial charge in [-0.25, -0.2) is 0 Å². The molecule has 3 atom stereocenters. The van der Waals surface area contributed by atoms with E-state index in [-0.39, 0.29) is 24.9 Å². The third kappa shape index (κ3) is 41.1. The molecular formula is C52H99NO5. The average Bonchev–Trinajstić information content (AvgIpc) is 3.22. The molecular weight excluding hydrogens is 719 g/mol. The minimum absolute atomic E-state index is 0.0640. The highest BCUT2D eigenvalue weighted by atomic mass is 16.5. The van der Waals surface area contributed by atoms with Crippen LogP contribution in [-0.4, -0.2) is 46.9 Å². The molecule has 0 aliphatic carbocycles. The van der Waals surface area contributed by atoms with Crippen molar-refractivity contribution in [3.8, 4) is 0 Å². The highest BCUT2D eigenvalue weighted by molar-refractivity contribution is 5.77. The van der Waals surface area contributed by atoms with Crippen molar-refractivity contribution in [2.45, 2.75) is 289 Å². The Hall–Kier alpha value is -1.66. The maximum absolute atomic E-state index is 13.1. The third-order valence-corrected chi connectivity index (χ3v) is 11.8. The summed E-state index contributed by atoms with van der Waals surface area (Å²) in [5, 5.41) is 23.7. The van der Waals surface area contributed by atoms with Gasteiger partial charge in [-0.1, -0.05) is 212 Å². The Morgan fingerprint density at radius 2 is 0.845 bits per heavy atom. The first-order valence-electron chi connectivity index (χ1n) is 25.6. The van der Waals surface area contributed by atoms with E-state index in [1.54, 1.807) is 0 Å². The van der Waals surface area contributed by atoms with Crippen LogP contribution in [0.1, 0.15) is 271 Å². The predicted octanol–water partition coefficient (Wildman–Crippen LogP) is 15.1. The molecule has 0 heterocycles. The largest absolute Gasteiger partial charge is 0.462 e. The van der Waals surface area contributed by atoms with E-state index in [9.17, 15) is 19.8 Å². The van der Waals surface area contributed by atoms with Crippen LogP contribution < -0.4 is 5.32 Å². The van der Waals surface area contributed by atoms with Crippen LogP contribution >= 0.6 is 0 Å². The van der Waals surface area contributed by atoms with Crippen molar-refractivity contribution in [1.82, 2.24) is 5.32 Å². The van der Waals surface area contributed by atoms with Crippen molar-refractivity contribution in [2.75, 3.05) is 6.61 Å². The first-order chi connectivity index (χ1) is 28.5. The minimum atomic E-state index is -0.790. The van der Waals surface area contributed by atoms with E-state index in [0.29, 0.717) is 19.3 Å². The number of unbranched alkanes of at least 4 members (excludes halogenated alkanes) is 30. The standard InChI is InChI=1S/C52H99NO5/c1-4-7-10-13-16-19-21-23-25-26-27-29-32-35-38-41-44-50(55)49(47-54)53-51(56)46-48(43-40-37-34-31-18-15-12-9-6-3)58-52(57)45-42-39-36-33-30-28-24-22-20-17-14-11-8-5-2/h15,18,28,30,48-50,54-55H,4-14,16-17,19-27,29,31-47H2,1-3H3,(H,53,56)/b18-15-,30-28-. The van der Waals surface area contributed by atoms with Crippen molar-refractivity contribution in [3.05, 3.63) is 24.3 Å². The van der Waals surface area contributed by atoms with Gasteiger partial charge in [0.05, 0.1) is 25.2 Å². The number of carbonyl (C=O) groups is 2. The number of carbonyl (C=O) groups excluding carboxylic acids is 2. The maximum Gasteiger partial charge on any atom is 0.306 e. The molecule has 0 spiro atoms. The zero-order chi connectivity index (χ0) is 42.4. The number of aliphatic hydroxyl groups is 2. The number of esters is 1. The molecule has 0 radical (unpaired) electrons. The Labute approximate surface area is 361 Å². The molecule has 0 aromatic heterocycles. The van der Waals surface area contributed by atoms with Crippen molar-refractivity contribution in [1.29, 1.82) is 0 Å². The molecule has 0 bridgehead atoms. The van der Waals surface area contributed by atoms with Crippen LogP contribution in [0.15, 0.2) is 24.3 Å². The topological polar surface area (TPSA) is 95.9 Å². The first kappa shape index (κ1) is 56.3. The molecule has 6 heteroatoms. The third-order valence-electron chi connectivity index (χ3n) is 11.8. The van der Waals surface area contributed by atoms with Crippen LogP contribution in [-0.2, 0) is 14.3 Å². The smallest absolute Gasteiger partial charge is 0.306 e. The molecule has 0 aromatic carbocycles. The molecule has 0 saturated carbocycles. The second kappa shape index (κ2) is 46.4. The minimum Gasteiger partial charge on any atom is -0.462 e. The number of ether oxygens (including phenoxy) is 1. The summed E-state index contributed by atoms with van der Waals surface area (Å²) >= 11 is 0. The van der Waals surface area contributed by atoms with Crippen molar-refractivity contribution in [3.63, 3.8) is 0 Å². The lowest BCUT2D eigenvalue weighted by atomic mass is 10.0. The second-order valence-corrected chi connectivity index (χ2v) is 17.6. The zero-order valence-electron chi connectivity index (χ0n) is 38.9. The lowest BCUT2D eigenvalue weighted by molar-refractivity contribution is -0.151. The summed E-state index contributed by atoms with van der Waals surface area (Å²) < 4.78 is 5.89. The summed E-state index contributed by atoms with van der Waals surface area (Å²) in [6.07, 6.45) is 52.5. The van der Waals surface area contributed by atoms with Crippen molar-refractivity contribution >= 4 is 11.9 Å². The fourth-order valence-electron chi connectivity index (χ4n) is 7.82. The summed E-state index contributed by atoms with van der Waals surface area (Å²) in [6.45, 7) is 6.44. The van der Waals surface area contributed by atoms with Crippen LogP contribution in [0.3, 0.4) is 0 Å². The molecule has 0 aromatic rings. The van der Waals surface area contributed by atoms with E-state index in [1.807, 2.05) is 0 Å². The van der Waals surface area contributed by atoms with Gasteiger partial charge in [-0.15, -0.1) is 0 Å². The van der Waals surface area contributed by atoms with E-state index < -0.39 is 18.2 Å². The fraction of sp³-hybridized carbons (Fsp3) is 0.885. The molecule has 0 aliphatic heterocycles. The van der Waals surface area contributed by atoms with Gasteiger partial charge in [0.25, 0.3) is 0 Å². The predicted molar refractivity (Wildman–Crippen MR) is 250 cm³/mol. The van der Waals surface area contributed by atoms with E-state index in [4.69, 9.17) is 4.74 Å². The lowest BCUT2D eigenvalue weighted by Crippen LogP contribution is -2.46. The highest BCUT2D eigenvalue weighted by Crippen LogP contribution is 2.18. The molecule has 6 nitrogen and oxygen atoms in total. The molecule has 58 heavy (non-hydrogen) atoms. The number of rotatable bonds is 46. The highest BCUT2D eigenvalue weighted by Gasteiger charge is 2.24. The van der Waals surface area contributed by atoms with Crippen LogP contribution in [0.5, 0.6) is 0 Å². The van der Waals surface area contributed by atoms with Gasteiger partial charge in [0.2, 0.25) is 5.91 Å². The Kier molecular flexibility index (Phi) is 45.1. The summed E-state index contributed by atoms with van der Waals surface area (Å²) in [5.74, 6) is -0.501. The van der Waals surface area contributed by atoms with Crippen LogP contribution in [0, 0.1) is 0 Å². The van der Waals surface area contributed by atoms with Crippen LogP contribution in [0.2, 0.25) is 0 Å². The van der Waals surface area contributed by atoms with Gasteiger partial charge in [-0.05, 0) is 70.6 Å². The monoisotopic (exact) mass is 818 g/mol. The fourth-order valence-corrected chi connectivity index (χ4v) is 7.82. The summed E-state index contributed by atoms with van der Waals surface area (Å²) in [7, 11) is 0. The van der Waals surface area contributed by atoms with Gasteiger partial charge in [0.1, 0.15) is 6.10 Å². The Balaban J connectivity index is 4.45. The number of aliphatic hydroxyl groups excluding tert-OH is 2. The second-order valence-electron chi connectivity index (χ2n) is 17.6. The molecule has 0 rings (SSSR count). The van der Waals surface area contributed by atoms with E-state index >= 15 is 0 Å². The molecule has 0 aliphatic rings. The average molecular weight is 818 g/mol. The van der Waals surface area contributed by atoms with Crippen LogP contribution in [0.4, 0.5) is 0 Å². The van der Waals surface area contributed by atoms with E-state index in [1.165, 1.54) is 154 Å². The van der Waals surface area contributed by atoms with Gasteiger partial charge in [-0.3, -0.25) is 9.59 Å². The van der Waals surface area contributed by atoms with Gasteiger partial charge < -0.3 is 20.3 Å². The number of hydrogen-bond donors (Lipinski definition) is 3. The van der Waals surface area contributed by atoms with E-state index in [0.717, 1.165) is 70.6 Å². The molecule has 0 fully saturated rings. The quantitative estimate of drug-likeness (QED) is 0.0323. The summed E-state index contributed by atoms with van der Waals surface area (Å²) in [4.78, 5) is 26.0. The first-order valence-corrected chi connectivity index (χ1v) is 25.6. The summed E-state index contributed by atoms with van der Waals surface area (Å²) in [5.41, 5.74) is 0.